The molecule has 0 atom stereocenters. The number of nitrogens with one attached hydrogen (secondary N) is 2. The molecule has 0 aliphatic heterocycles. The molecule has 0 bridgehead atoms. The van der Waals surface area contributed by atoms with Gasteiger partial charge in [0.1, 0.15) is 0 Å². The highest BCUT2D eigenvalue weighted by molar-refractivity contribution is 7.92. The Hall–Kier alpha value is -1.76. The van der Waals surface area contributed by atoms with Crippen LogP contribution in [-0.2, 0) is 10.0 Å². The molecule has 0 spiro atoms. The highest BCUT2D eigenvalue weighted by Crippen LogP contribution is 2.25. The third-order valence-electron chi connectivity index (χ3n) is 2.65. The number of hydrogen-bond donors (Lipinski definition) is 2. The van der Waals surface area contributed by atoms with Gasteiger partial charge < -0.3 is 5.32 Å². The summed E-state index contributed by atoms with van der Waals surface area (Å²) in [4.78, 5) is 12.2. The van der Waals surface area contributed by atoms with Gasteiger partial charge in [0.05, 0.1) is 27.7 Å². The van der Waals surface area contributed by atoms with E-state index in [0.717, 1.165) is 6.26 Å². The maximum Gasteiger partial charge on any atom is 0.255 e. The number of para-hydroxylation sites is 2. The van der Waals surface area contributed by atoms with E-state index in [1.54, 1.807) is 24.3 Å². The van der Waals surface area contributed by atoms with E-state index < -0.39 is 15.9 Å². The van der Waals surface area contributed by atoms with Crippen LogP contribution in [0.3, 0.4) is 0 Å². The summed E-state index contributed by atoms with van der Waals surface area (Å²) in [5, 5.41) is 3.23. The van der Waals surface area contributed by atoms with Crippen molar-refractivity contribution in [3.05, 3.63) is 58.1 Å². The third-order valence-corrected chi connectivity index (χ3v) is 3.98. The van der Waals surface area contributed by atoms with E-state index in [4.69, 9.17) is 23.2 Å². The van der Waals surface area contributed by atoms with Crippen LogP contribution < -0.4 is 10.0 Å². The van der Waals surface area contributed by atoms with Gasteiger partial charge in [0.15, 0.2) is 0 Å². The molecule has 0 radical (unpaired) electrons. The molecule has 116 valence electrons. The van der Waals surface area contributed by atoms with E-state index in [1.165, 1.54) is 18.2 Å². The van der Waals surface area contributed by atoms with Crippen LogP contribution in [0.5, 0.6) is 0 Å². The molecular formula is C14H12Cl2N2O3S. The number of rotatable bonds is 4. The molecular weight excluding hydrogens is 347 g/mol. The Morgan fingerprint density at radius 1 is 1.00 bits per heavy atom. The Morgan fingerprint density at radius 2 is 1.64 bits per heavy atom. The van der Waals surface area contributed by atoms with Gasteiger partial charge in [-0.25, -0.2) is 8.42 Å². The highest BCUT2D eigenvalue weighted by Gasteiger charge is 2.12. The molecule has 2 rings (SSSR count). The van der Waals surface area contributed by atoms with Crippen LogP contribution in [0.4, 0.5) is 11.4 Å². The molecule has 8 heteroatoms. The average Bonchev–Trinajstić information content (AvgIpc) is 2.42. The average molecular weight is 359 g/mol. The zero-order chi connectivity index (χ0) is 16.3. The SMILES string of the molecule is CS(=O)(=O)Nc1ccccc1NC(=O)c1ccc(Cl)c(Cl)c1. The van der Waals surface area contributed by atoms with Crippen molar-refractivity contribution in [3.8, 4) is 0 Å². The van der Waals surface area contributed by atoms with E-state index in [9.17, 15) is 13.2 Å². The fraction of sp³-hybridized carbons (Fsp3) is 0.0714. The summed E-state index contributed by atoms with van der Waals surface area (Å²) in [6.45, 7) is 0. The molecule has 0 aliphatic rings. The van der Waals surface area contributed by atoms with Gasteiger partial charge in [-0.15, -0.1) is 0 Å². The standard InChI is InChI=1S/C14H12Cl2N2O3S/c1-22(20,21)18-13-5-3-2-4-12(13)17-14(19)9-6-7-10(15)11(16)8-9/h2-8,18H,1H3,(H,17,19). The van der Waals surface area contributed by atoms with Crippen molar-refractivity contribution in [3.63, 3.8) is 0 Å². The molecule has 0 saturated heterocycles. The molecule has 5 nitrogen and oxygen atoms in total. The van der Waals surface area contributed by atoms with Gasteiger partial charge in [0, 0.05) is 5.56 Å². The summed E-state index contributed by atoms with van der Waals surface area (Å²) in [6, 6.07) is 10.9. The quantitative estimate of drug-likeness (QED) is 0.876. The van der Waals surface area contributed by atoms with Crippen LogP contribution in [0.1, 0.15) is 10.4 Å². The molecule has 0 aliphatic carbocycles. The van der Waals surface area contributed by atoms with Crippen LogP contribution in [0, 0.1) is 0 Å². The van der Waals surface area contributed by atoms with Gasteiger partial charge in [-0.2, -0.15) is 0 Å². The maximum absolute atomic E-state index is 12.2. The van der Waals surface area contributed by atoms with Crippen molar-refractivity contribution in [2.75, 3.05) is 16.3 Å². The summed E-state index contributed by atoms with van der Waals surface area (Å²) in [6.07, 6.45) is 1.03. The molecule has 0 fully saturated rings. The van der Waals surface area contributed by atoms with Gasteiger partial charge >= 0.3 is 0 Å². The fourth-order valence-corrected chi connectivity index (χ4v) is 2.59. The first-order valence-electron chi connectivity index (χ1n) is 6.09. The summed E-state index contributed by atoms with van der Waals surface area (Å²) in [5.74, 6) is -0.429. The first-order chi connectivity index (χ1) is 10.3. The molecule has 0 heterocycles. The number of anilines is 2. The zero-order valence-electron chi connectivity index (χ0n) is 11.4. The van der Waals surface area contributed by atoms with E-state index >= 15 is 0 Å². The topological polar surface area (TPSA) is 75.3 Å². The van der Waals surface area contributed by atoms with Crippen LogP contribution in [-0.4, -0.2) is 20.6 Å². The first-order valence-corrected chi connectivity index (χ1v) is 8.74. The van der Waals surface area contributed by atoms with Crippen molar-refractivity contribution in [1.82, 2.24) is 0 Å². The summed E-state index contributed by atoms with van der Waals surface area (Å²) < 4.78 is 25.0. The van der Waals surface area contributed by atoms with Crippen molar-refractivity contribution in [1.29, 1.82) is 0 Å². The second-order valence-electron chi connectivity index (χ2n) is 4.50. The summed E-state index contributed by atoms with van der Waals surface area (Å²) in [5.41, 5.74) is 0.922. The Labute approximate surface area is 138 Å². The lowest BCUT2D eigenvalue weighted by atomic mass is 10.2. The van der Waals surface area contributed by atoms with Crippen molar-refractivity contribution in [2.24, 2.45) is 0 Å². The highest BCUT2D eigenvalue weighted by atomic mass is 35.5. The van der Waals surface area contributed by atoms with E-state index in [1.807, 2.05) is 0 Å². The van der Waals surface area contributed by atoms with Gasteiger partial charge in [0.2, 0.25) is 10.0 Å². The Bertz CT molecular complexity index is 823. The number of carbonyl (C=O) groups is 1. The second-order valence-corrected chi connectivity index (χ2v) is 7.07. The minimum atomic E-state index is -3.45. The summed E-state index contributed by atoms with van der Waals surface area (Å²) >= 11 is 11.7. The smallest absolute Gasteiger partial charge is 0.255 e. The maximum atomic E-state index is 12.2. The second kappa shape index (κ2) is 6.56. The molecule has 2 aromatic carbocycles. The lowest BCUT2D eigenvalue weighted by Gasteiger charge is -2.12. The monoisotopic (exact) mass is 358 g/mol. The Morgan fingerprint density at radius 3 is 2.23 bits per heavy atom. The van der Waals surface area contributed by atoms with E-state index in [2.05, 4.69) is 10.0 Å². The number of carbonyl (C=O) groups excluding carboxylic acids is 1. The predicted octanol–water partition coefficient (Wildman–Crippen LogP) is 3.62. The lowest BCUT2D eigenvalue weighted by Crippen LogP contribution is -2.16. The molecule has 2 N–H and O–H groups in total. The fourth-order valence-electron chi connectivity index (χ4n) is 1.71. The first kappa shape index (κ1) is 16.6. The third kappa shape index (κ3) is 4.37. The van der Waals surface area contributed by atoms with Crippen LogP contribution >= 0.6 is 23.2 Å². The summed E-state index contributed by atoms with van der Waals surface area (Å²) in [7, 11) is -3.45. The molecule has 2 aromatic rings. The van der Waals surface area contributed by atoms with E-state index in [-0.39, 0.29) is 10.7 Å². The van der Waals surface area contributed by atoms with Gasteiger partial charge in [-0.3, -0.25) is 9.52 Å². The zero-order valence-corrected chi connectivity index (χ0v) is 13.8. The number of hydrogen-bond acceptors (Lipinski definition) is 3. The molecule has 0 aromatic heterocycles. The van der Waals surface area contributed by atoms with Crippen LogP contribution in [0.2, 0.25) is 10.0 Å². The van der Waals surface area contributed by atoms with Crippen molar-refractivity contribution in [2.45, 2.75) is 0 Å². The van der Waals surface area contributed by atoms with Crippen molar-refractivity contribution >= 4 is 50.5 Å². The molecule has 22 heavy (non-hydrogen) atoms. The van der Waals surface area contributed by atoms with Crippen molar-refractivity contribution < 1.29 is 13.2 Å². The largest absolute Gasteiger partial charge is 0.320 e. The lowest BCUT2D eigenvalue weighted by molar-refractivity contribution is 0.102. The minimum Gasteiger partial charge on any atom is -0.320 e. The number of amides is 1. The van der Waals surface area contributed by atoms with Gasteiger partial charge in [-0.05, 0) is 30.3 Å². The number of halogens is 2. The predicted molar refractivity (Wildman–Crippen MR) is 89.3 cm³/mol. The molecule has 0 unspecified atom stereocenters. The minimum absolute atomic E-state index is 0.261. The van der Waals surface area contributed by atoms with Crippen LogP contribution in [0.25, 0.3) is 0 Å². The Balaban J connectivity index is 2.27. The van der Waals surface area contributed by atoms with Crippen LogP contribution in [0.15, 0.2) is 42.5 Å². The molecule has 0 saturated carbocycles. The molecule has 1 amide bonds. The van der Waals surface area contributed by atoms with Gasteiger partial charge in [0.25, 0.3) is 5.91 Å². The number of sulfonamides is 1. The van der Waals surface area contributed by atoms with E-state index in [0.29, 0.717) is 16.3 Å². The number of benzene rings is 2. The Kier molecular flexibility index (Phi) is 4.95. The van der Waals surface area contributed by atoms with Gasteiger partial charge in [-0.1, -0.05) is 35.3 Å². The normalized spacial score (nSPS) is 11.0.